The summed E-state index contributed by atoms with van der Waals surface area (Å²) in [6.07, 6.45) is -6.23. The van der Waals surface area contributed by atoms with Gasteiger partial charge in [-0.1, -0.05) is 51.9 Å². The molecule has 0 spiro atoms. The van der Waals surface area contributed by atoms with Crippen LogP contribution in [-0.2, 0) is 23.7 Å². The van der Waals surface area contributed by atoms with Crippen molar-refractivity contribution in [2.45, 2.75) is 146 Å². The van der Waals surface area contributed by atoms with E-state index in [1.165, 1.54) is 33.1 Å². The fourth-order valence-corrected chi connectivity index (χ4v) is 4.47. The third-order valence-electron chi connectivity index (χ3n) is 6.74. The number of hydrogen-bond acceptors (Lipinski definition) is 10. The van der Waals surface area contributed by atoms with Crippen molar-refractivity contribution < 1.29 is 54.4 Å². The Bertz CT molecular complexity index is 620. The number of carboxylic acid groups (broad SMARTS) is 1. The number of hydrogen-bond donors (Lipinski definition) is 6. The lowest BCUT2D eigenvalue weighted by Gasteiger charge is -2.46. The van der Waals surface area contributed by atoms with E-state index in [1.54, 1.807) is 0 Å². The summed E-state index contributed by atoms with van der Waals surface area (Å²) in [4.78, 5) is 11.4. The maximum Gasteiger partial charge on any atom is 0.305 e. The number of ether oxygens (including phenoxy) is 4. The van der Waals surface area contributed by atoms with Gasteiger partial charge in [0.2, 0.25) is 0 Å². The summed E-state index contributed by atoms with van der Waals surface area (Å²) in [6, 6.07) is 0. The average molecular weight is 509 g/mol. The highest BCUT2D eigenvalue weighted by Gasteiger charge is 2.50. The van der Waals surface area contributed by atoms with Gasteiger partial charge in [0.15, 0.2) is 12.6 Å². The van der Waals surface area contributed by atoms with Crippen LogP contribution in [0.1, 0.15) is 78.6 Å². The average Bonchev–Trinajstić information content (AvgIpc) is 2.80. The number of rotatable bonds is 14. The van der Waals surface area contributed by atoms with Crippen molar-refractivity contribution in [3.63, 3.8) is 0 Å². The van der Waals surface area contributed by atoms with Crippen LogP contribution in [0.4, 0.5) is 0 Å². The van der Waals surface area contributed by atoms with E-state index >= 15 is 0 Å². The third kappa shape index (κ3) is 8.87. The minimum atomic E-state index is -1.63. The highest BCUT2D eigenvalue weighted by molar-refractivity contribution is 5.67. The largest absolute Gasteiger partial charge is 0.481 e. The van der Waals surface area contributed by atoms with E-state index in [-0.39, 0.29) is 6.42 Å². The van der Waals surface area contributed by atoms with Gasteiger partial charge in [-0.3, -0.25) is 4.79 Å². The van der Waals surface area contributed by atoms with Gasteiger partial charge in [0.1, 0.15) is 36.6 Å². The van der Waals surface area contributed by atoms with Crippen molar-refractivity contribution >= 4 is 5.97 Å². The van der Waals surface area contributed by atoms with Gasteiger partial charge in [-0.05, 0) is 20.3 Å². The van der Waals surface area contributed by atoms with Crippen molar-refractivity contribution in [2.24, 2.45) is 0 Å². The monoisotopic (exact) mass is 508 g/mol. The zero-order valence-corrected chi connectivity index (χ0v) is 20.9. The number of carbonyl (C=O) groups is 1. The highest BCUT2D eigenvalue weighted by atomic mass is 16.8. The standard InChI is InChI=1S/C24H44O11/c1-4-5-6-7-8-9-10-11-15(12-16(25)26)34-24-22(20(30)18(28)14(3)33-24)35-23-21(31)19(29)17(27)13(2)32-23/h13-15,17-24,27-31H,4-12H2,1-3H3,(H,25,26)/t13-,14-,15?,17-,18-,19+,20+,21+,22+,23-,24-/m0/s1. The van der Waals surface area contributed by atoms with Crippen molar-refractivity contribution in [1.29, 1.82) is 0 Å². The normalized spacial score (nSPS) is 38.9. The van der Waals surface area contributed by atoms with Gasteiger partial charge in [-0.15, -0.1) is 0 Å². The highest BCUT2D eigenvalue weighted by Crippen LogP contribution is 2.31. The summed E-state index contributed by atoms with van der Waals surface area (Å²) in [5.74, 6) is -1.04. The Morgan fingerprint density at radius 2 is 1.31 bits per heavy atom. The molecule has 2 saturated heterocycles. The van der Waals surface area contributed by atoms with E-state index in [9.17, 15) is 35.4 Å². The molecular weight excluding hydrogens is 464 g/mol. The molecule has 11 atom stereocenters. The Labute approximate surface area is 207 Å². The van der Waals surface area contributed by atoms with Crippen molar-refractivity contribution in [2.75, 3.05) is 0 Å². The van der Waals surface area contributed by atoms with Gasteiger partial charge >= 0.3 is 5.97 Å². The van der Waals surface area contributed by atoms with Crippen LogP contribution in [0.2, 0.25) is 0 Å². The molecule has 2 aliphatic rings. The fraction of sp³-hybridized carbons (Fsp3) is 0.958. The molecule has 11 nitrogen and oxygen atoms in total. The Balaban J connectivity index is 2.05. The number of unbranched alkanes of at least 4 members (excludes halogenated alkanes) is 6. The summed E-state index contributed by atoms with van der Waals surface area (Å²) in [6.45, 7) is 5.18. The zero-order valence-electron chi connectivity index (χ0n) is 20.9. The van der Waals surface area contributed by atoms with Crippen LogP contribution in [0.3, 0.4) is 0 Å². The third-order valence-corrected chi connectivity index (χ3v) is 6.74. The van der Waals surface area contributed by atoms with Gasteiger partial charge in [0.25, 0.3) is 0 Å². The first-order valence-corrected chi connectivity index (χ1v) is 12.8. The number of carboxylic acids is 1. The van der Waals surface area contributed by atoms with Crippen molar-refractivity contribution in [1.82, 2.24) is 0 Å². The minimum absolute atomic E-state index is 0.278. The molecular formula is C24H44O11. The smallest absolute Gasteiger partial charge is 0.305 e. The van der Waals surface area contributed by atoms with Gasteiger partial charge in [0, 0.05) is 0 Å². The molecule has 2 aliphatic heterocycles. The number of aliphatic hydroxyl groups is 5. The minimum Gasteiger partial charge on any atom is -0.481 e. The second-order valence-electron chi connectivity index (χ2n) is 9.74. The Kier molecular flexibility index (Phi) is 12.8. The maximum atomic E-state index is 11.4. The maximum absolute atomic E-state index is 11.4. The molecule has 0 aromatic rings. The second-order valence-corrected chi connectivity index (χ2v) is 9.74. The molecule has 0 bridgehead atoms. The predicted molar refractivity (Wildman–Crippen MR) is 123 cm³/mol. The molecule has 0 saturated carbocycles. The molecule has 0 radical (unpaired) electrons. The van der Waals surface area contributed by atoms with Crippen molar-refractivity contribution in [3.05, 3.63) is 0 Å². The van der Waals surface area contributed by atoms with Crippen LogP contribution in [0.5, 0.6) is 0 Å². The van der Waals surface area contributed by atoms with Crippen LogP contribution in [0, 0.1) is 0 Å². The molecule has 206 valence electrons. The van der Waals surface area contributed by atoms with Crippen LogP contribution >= 0.6 is 0 Å². The topological polar surface area (TPSA) is 175 Å². The van der Waals surface area contributed by atoms with Crippen LogP contribution < -0.4 is 0 Å². The molecule has 0 amide bonds. The second kappa shape index (κ2) is 14.7. The van der Waals surface area contributed by atoms with E-state index in [2.05, 4.69) is 6.92 Å². The lowest BCUT2D eigenvalue weighted by Crippen LogP contribution is -2.63. The molecule has 0 aliphatic carbocycles. The molecule has 2 rings (SSSR count). The van der Waals surface area contributed by atoms with Gasteiger partial charge in [0.05, 0.1) is 24.7 Å². The van der Waals surface area contributed by atoms with Gasteiger partial charge < -0.3 is 49.6 Å². The summed E-state index contributed by atoms with van der Waals surface area (Å²) in [5, 5.41) is 60.7. The van der Waals surface area contributed by atoms with Crippen LogP contribution in [-0.4, -0.2) is 104 Å². The summed E-state index contributed by atoms with van der Waals surface area (Å²) in [7, 11) is 0. The van der Waals surface area contributed by atoms with Crippen LogP contribution in [0.25, 0.3) is 0 Å². The lowest BCUT2D eigenvalue weighted by molar-refractivity contribution is -0.366. The first-order valence-electron chi connectivity index (χ1n) is 12.8. The Morgan fingerprint density at radius 1 is 0.771 bits per heavy atom. The summed E-state index contributed by atoms with van der Waals surface area (Å²) >= 11 is 0. The van der Waals surface area contributed by atoms with Gasteiger partial charge in [-0.2, -0.15) is 0 Å². The summed E-state index contributed by atoms with van der Waals surface area (Å²) in [5.41, 5.74) is 0. The van der Waals surface area contributed by atoms with Crippen LogP contribution in [0.15, 0.2) is 0 Å². The Hall–Kier alpha value is -0.890. The molecule has 0 aromatic carbocycles. The molecule has 35 heavy (non-hydrogen) atoms. The number of aliphatic carboxylic acids is 1. The molecule has 1 unspecified atom stereocenters. The Morgan fingerprint density at radius 3 is 1.91 bits per heavy atom. The summed E-state index contributed by atoms with van der Waals surface area (Å²) < 4.78 is 22.8. The first-order chi connectivity index (χ1) is 16.6. The molecule has 2 fully saturated rings. The first kappa shape index (κ1) is 30.3. The van der Waals surface area contributed by atoms with E-state index in [0.717, 1.165) is 25.7 Å². The van der Waals surface area contributed by atoms with Gasteiger partial charge in [-0.25, -0.2) is 0 Å². The van der Waals surface area contributed by atoms with E-state index in [0.29, 0.717) is 6.42 Å². The SMILES string of the molecule is CCCCCCCCCC(CC(=O)O)O[C@@H]1O[C@@H](C)[C@H](O)[C@@H](O)[C@H]1O[C@@H]1O[C@@H](C)[C@H](O)[C@@H](O)[C@H]1O. The molecule has 0 aromatic heterocycles. The molecule has 2 heterocycles. The van der Waals surface area contributed by atoms with E-state index in [4.69, 9.17) is 18.9 Å². The van der Waals surface area contributed by atoms with E-state index < -0.39 is 73.5 Å². The lowest BCUT2D eigenvalue weighted by atomic mass is 9.97. The quantitative estimate of drug-likeness (QED) is 0.182. The van der Waals surface area contributed by atoms with Crippen molar-refractivity contribution in [3.8, 4) is 0 Å². The molecule has 11 heteroatoms. The number of aliphatic hydroxyl groups excluding tert-OH is 5. The molecule has 6 N–H and O–H groups in total. The van der Waals surface area contributed by atoms with E-state index in [1.807, 2.05) is 0 Å². The predicted octanol–water partition coefficient (Wildman–Crippen LogP) is 0.666. The zero-order chi connectivity index (χ0) is 26.1. The fourth-order valence-electron chi connectivity index (χ4n) is 4.47.